The van der Waals surface area contributed by atoms with Crippen LogP contribution in [-0.4, -0.2) is 23.3 Å². The van der Waals surface area contributed by atoms with Crippen LogP contribution in [0.1, 0.15) is 26.3 Å². The molecule has 0 spiro atoms. The van der Waals surface area contributed by atoms with Crippen molar-refractivity contribution in [1.82, 2.24) is 23.3 Å². The number of ether oxygens (including phenoxy) is 1. The number of para-hydroxylation sites is 4. The Balaban J connectivity index is 1.23. The van der Waals surface area contributed by atoms with Gasteiger partial charge in [-0.1, -0.05) is 93.6 Å². The van der Waals surface area contributed by atoms with Gasteiger partial charge in [0.1, 0.15) is 17.3 Å². The van der Waals surface area contributed by atoms with Crippen LogP contribution >= 0.6 is 0 Å². The molecule has 0 saturated heterocycles. The summed E-state index contributed by atoms with van der Waals surface area (Å²) in [6.07, 6.45) is 5.42. The van der Waals surface area contributed by atoms with Crippen LogP contribution in [0.15, 0.2) is 134 Å². The van der Waals surface area contributed by atoms with Crippen molar-refractivity contribution in [3.63, 3.8) is 0 Å². The van der Waals surface area contributed by atoms with E-state index in [4.69, 9.17) is 9.72 Å². The minimum atomic E-state index is -0.0624. The monoisotopic (exact) mass is 728 g/mol. The Bertz CT molecular complexity index is 3420. The van der Waals surface area contributed by atoms with Gasteiger partial charge in [0.2, 0.25) is 6.33 Å². The first kappa shape index (κ1) is 32.6. The molecule has 7 heteroatoms. The topological polar surface area (TPSA) is 45.7 Å². The van der Waals surface area contributed by atoms with E-state index >= 15 is 0 Å². The van der Waals surface area contributed by atoms with Gasteiger partial charge in [0.25, 0.3) is 0 Å². The fourth-order valence-corrected chi connectivity index (χ4v) is 9.12. The fourth-order valence-electron chi connectivity index (χ4n) is 9.12. The maximum absolute atomic E-state index is 6.78. The maximum Gasteiger partial charge on any atom is 0.244 e. The van der Waals surface area contributed by atoms with Gasteiger partial charge in [-0.3, -0.25) is 4.57 Å². The zero-order chi connectivity index (χ0) is 38.0. The minimum absolute atomic E-state index is 0.0624. The molecular formula is C49H40N6O. The van der Waals surface area contributed by atoms with Crippen molar-refractivity contribution < 1.29 is 9.30 Å². The number of hydrogen-bond acceptors (Lipinski definition) is 2. The lowest BCUT2D eigenvalue weighted by Crippen LogP contribution is -2.29. The number of hydrogen-bond donors (Lipinski definition) is 0. The molecule has 0 bridgehead atoms. The summed E-state index contributed by atoms with van der Waals surface area (Å²) in [6.45, 7) is 6.77. The first-order chi connectivity index (χ1) is 27.2. The van der Waals surface area contributed by atoms with Gasteiger partial charge in [-0.05, 0) is 59.5 Å². The number of nitrogens with zero attached hydrogens (tertiary/aromatic N) is 6. The average Bonchev–Trinajstić information content (AvgIpc) is 3.91. The predicted octanol–water partition coefficient (Wildman–Crippen LogP) is 11.1. The Morgan fingerprint density at radius 2 is 1.21 bits per heavy atom. The zero-order valence-corrected chi connectivity index (χ0v) is 32.3. The van der Waals surface area contributed by atoms with Gasteiger partial charge in [0, 0.05) is 69.7 Å². The molecule has 56 heavy (non-hydrogen) atoms. The lowest BCUT2D eigenvalue weighted by Gasteiger charge is -2.20. The van der Waals surface area contributed by atoms with Gasteiger partial charge in [0.05, 0.1) is 45.8 Å². The van der Waals surface area contributed by atoms with Crippen LogP contribution in [0.4, 0.5) is 0 Å². The summed E-state index contributed by atoms with van der Waals surface area (Å²) in [7, 11) is 6.43. The molecule has 0 aliphatic carbocycles. The van der Waals surface area contributed by atoms with E-state index in [0.717, 1.165) is 50.5 Å². The third kappa shape index (κ3) is 4.51. The summed E-state index contributed by atoms with van der Waals surface area (Å²) in [5.41, 5.74) is 11.3. The number of fused-ring (bicyclic) bond motifs is 13. The molecule has 272 valence electrons. The van der Waals surface area contributed by atoms with E-state index in [0.29, 0.717) is 0 Å². The van der Waals surface area contributed by atoms with E-state index in [1.54, 1.807) is 0 Å². The lowest BCUT2D eigenvalue weighted by atomic mass is 9.88. The molecule has 0 fully saturated rings. The minimum Gasteiger partial charge on any atom is -0.458 e. The molecule has 11 aromatic rings. The fraction of sp³-hybridized carbons (Fsp3) is 0.143. The lowest BCUT2D eigenvalue weighted by molar-refractivity contribution is -0.572. The van der Waals surface area contributed by atoms with Crippen molar-refractivity contribution in [3.8, 4) is 23.0 Å². The molecule has 5 heterocycles. The van der Waals surface area contributed by atoms with E-state index in [9.17, 15) is 0 Å². The van der Waals surface area contributed by atoms with Crippen molar-refractivity contribution in [2.24, 2.45) is 21.1 Å². The van der Waals surface area contributed by atoms with Crippen molar-refractivity contribution >= 4 is 76.5 Å². The highest BCUT2D eigenvalue weighted by Gasteiger charge is 2.27. The molecule has 0 aliphatic heterocycles. The predicted molar refractivity (Wildman–Crippen MR) is 229 cm³/mol. The standard InChI is InChI=1S/C49H40N6O/c1-49(2,3)30-24-25-50-42(26-30)55-41-28-33(56-32-15-13-14-31(27-32)54-29-51(4)39-20-11-12-21-40(39)54)22-23-36(41)44-43-34-16-7-9-18-37(34)52(5)46(43)45-35-17-8-10-19-38(35)53(6)47(45)48(44)55/h7-28H,1-6H3. The van der Waals surface area contributed by atoms with E-state index < -0.39 is 0 Å². The normalized spacial score (nSPS) is 12.5. The molecule has 11 rings (SSSR count). The molecule has 5 aromatic heterocycles. The number of imidazole rings is 1. The van der Waals surface area contributed by atoms with Crippen molar-refractivity contribution in [2.45, 2.75) is 26.2 Å². The third-order valence-electron chi connectivity index (χ3n) is 11.8. The molecule has 0 aliphatic rings. The number of aryl methyl sites for hydroxylation is 3. The van der Waals surface area contributed by atoms with Gasteiger partial charge in [-0.2, -0.15) is 0 Å². The molecule has 6 aromatic carbocycles. The molecule has 0 amide bonds. The van der Waals surface area contributed by atoms with Gasteiger partial charge in [0.15, 0.2) is 0 Å². The summed E-state index contributed by atoms with van der Waals surface area (Å²) in [5.74, 6) is 2.38. The summed E-state index contributed by atoms with van der Waals surface area (Å²) >= 11 is 0. The summed E-state index contributed by atoms with van der Waals surface area (Å²) in [6, 6.07) is 45.1. The molecule has 0 saturated carbocycles. The number of pyridine rings is 1. The van der Waals surface area contributed by atoms with E-state index in [1.165, 1.54) is 54.6 Å². The molecule has 0 atom stereocenters. The number of aromatic nitrogens is 6. The average molecular weight is 729 g/mol. The Labute approximate surface area is 323 Å². The van der Waals surface area contributed by atoms with Crippen LogP contribution in [0.2, 0.25) is 0 Å². The smallest absolute Gasteiger partial charge is 0.244 e. The van der Waals surface area contributed by atoms with E-state index in [2.05, 4.69) is 175 Å². The summed E-state index contributed by atoms with van der Waals surface area (Å²) in [5, 5.41) is 7.34. The van der Waals surface area contributed by atoms with Crippen LogP contribution in [0.3, 0.4) is 0 Å². The first-order valence-corrected chi connectivity index (χ1v) is 19.2. The second-order valence-corrected chi connectivity index (χ2v) is 16.1. The molecule has 0 unspecified atom stereocenters. The highest BCUT2D eigenvalue weighted by molar-refractivity contribution is 6.40. The second kappa shape index (κ2) is 11.6. The van der Waals surface area contributed by atoms with Crippen LogP contribution < -0.4 is 9.30 Å². The van der Waals surface area contributed by atoms with Gasteiger partial charge >= 0.3 is 0 Å². The molecule has 0 N–H and O–H groups in total. The van der Waals surface area contributed by atoms with Gasteiger partial charge < -0.3 is 23.0 Å². The van der Waals surface area contributed by atoms with Crippen molar-refractivity contribution in [3.05, 3.63) is 145 Å². The molecule has 0 radical (unpaired) electrons. The Kier molecular flexibility index (Phi) is 6.73. The highest BCUT2D eigenvalue weighted by Crippen LogP contribution is 2.48. The zero-order valence-electron chi connectivity index (χ0n) is 32.3. The van der Waals surface area contributed by atoms with E-state index in [-0.39, 0.29) is 5.41 Å². The Morgan fingerprint density at radius 3 is 1.98 bits per heavy atom. The highest BCUT2D eigenvalue weighted by atomic mass is 16.5. The van der Waals surface area contributed by atoms with Crippen molar-refractivity contribution in [2.75, 3.05) is 0 Å². The molecular weight excluding hydrogens is 689 g/mol. The van der Waals surface area contributed by atoms with Crippen LogP contribution in [-0.2, 0) is 26.6 Å². The van der Waals surface area contributed by atoms with Crippen LogP contribution in [0, 0.1) is 6.33 Å². The SMILES string of the molecule is Cn1[c-][n+](-c2cccc(Oc3ccc4c5c6c7ccccc7n(C)c6c6c7ccccc7n(C)c6c5n(-c5cc(C(C)(C)C)ccn5)c4c3)c2)c2ccccc21. The third-order valence-corrected chi connectivity index (χ3v) is 11.8. The first-order valence-electron chi connectivity index (χ1n) is 19.2. The Hall–Kier alpha value is -6.86. The number of rotatable bonds is 4. The van der Waals surface area contributed by atoms with Gasteiger partial charge in [-0.25, -0.2) is 4.98 Å². The van der Waals surface area contributed by atoms with E-state index in [1.807, 2.05) is 29.9 Å². The second-order valence-electron chi connectivity index (χ2n) is 16.1. The summed E-state index contributed by atoms with van der Waals surface area (Å²) < 4.78 is 18.0. The number of benzene rings is 6. The van der Waals surface area contributed by atoms with Gasteiger partial charge in [-0.15, -0.1) is 0 Å². The molecule has 7 nitrogen and oxygen atoms in total. The quantitative estimate of drug-likeness (QED) is 0.134. The van der Waals surface area contributed by atoms with Crippen LogP contribution in [0.5, 0.6) is 11.5 Å². The summed E-state index contributed by atoms with van der Waals surface area (Å²) in [4.78, 5) is 5.12. The van der Waals surface area contributed by atoms with Crippen molar-refractivity contribution in [1.29, 1.82) is 0 Å². The Morgan fingerprint density at radius 1 is 0.571 bits per heavy atom. The largest absolute Gasteiger partial charge is 0.458 e. The van der Waals surface area contributed by atoms with Crippen LogP contribution in [0.25, 0.3) is 88.0 Å². The maximum atomic E-state index is 6.78.